The van der Waals surface area contributed by atoms with Crippen LogP contribution in [-0.4, -0.2) is 22.0 Å². The Hall–Kier alpha value is -1.58. The lowest BCUT2D eigenvalue weighted by Gasteiger charge is -2.04. The second-order valence-electron chi connectivity index (χ2n) is 3.02. The van der Waals surface area contributed by atoms with Crippen molar-refractivity contribution in [2.45, 2.75) is 19.9 Å². The summed E-state index contributed by atoms with van der Waals surface area (Å²) in [5.74, 6) is 0.882. The van der Waals surface area contributed by atoms with E-state index < -0.39 is 0 Å². The maximum atomic E-state index is 10.8. The van der Waals surface area contributed by atoms with Crippen molar-refractivity contribution >= 4 is 5.91 Å². The standard InChI is InChI=1S/C10H15N3O/c1-3-10(14)12-5-4-7-13-8-6-11-9(13)2/h3,6,8H,1,4-5,7H2,2H3,(H,12,14). The highest BCUT2D eigenvalue weighted by atomic mass is 16.1. The van der Waals surface area contributed by atoms with Gasteiger partial charge in [-0.2, -0.15) is 0 Å². The van der Waals surface area contributed by atoms with E-state index in [1.807, 2.05) is 13.1 Å². The Balaban J connectivity index is 2.19. The van der Waals surface area contributed by atoms with Crippen LogP contribution in [0.1, 0.15) is 12.2 Å². The Morgan fingerprint density at radius 1 is 1.79 bits per heavy atom. The number of carbonyl (C=O) groups excluding carboxylic acids is 1. The van der Waals surface area contributed by atoms with Crippen molar-refractivity contribution in [2.24, 2.45) is 0 Å². The average Bonchev–Trinajstić information content (AvgIpc) is 2.58. The minimum atomic E-state index is -0.118. The third kappa shape index (κ3) is 3.05. The quantitative estimate of drug-likeness (QED) is 0.557. The fraction of sp³-hybridized carbons (Fsp3) is 0.400. The molecule has 0 aliphatic heterocycles. The van der Waals surface area contributed by atoms with Crippen LogP contribution < -0.4 is 5.32 Å². The van der Waals surface area contributed by atoms with E-state index in [9.17, 15) is 4.79 Å². The van der Waals surface area contributed by atoms with Gasteiger partial charge >= 0.3 is 0 Å². The molecule has 1 N–H and O–H groups in total. The minimum absolute atomic E-state index is 0.118. The second-order valence-corrected chi connectivity index (χ2v) is 3.02. The zero-order valence-electron chi connectivity index (χ0n) is 8.36. The van der Waals surface area contributed by atoms with Gasteiger partial charge in [0, 0.05) is 25.5 Å². The highest BCUT2D eigenvalue weighted by Crippen LogP contribution is 1.96. The van der Waals surface area contributed by atoms with Gasteiger partial charge in [-0.1, -0.05) is 6.58 Å². The summed E-state index contributed by atoms with van der Waals surface area (Å²) < 4.78 is 2.06. The van der Waals surface area contributed by atoms with E-state index >= 15 is 0 Å². The predicted molar refractivity (Wildman–Crippen MR) is 54.8 cm³/mol. The van der Waals surface area contributed by atoms with Crippen LogP contribution in [0.5, 0.6) is 0 Å². The first-order valence-electron chi connectivity index (χ1n) is 4.62. The summed E-state index contributed by atoms with van der Waals surface area (Å²) in [4.78, 5) is 14.9. The van der Waals surface area contributed by atoms with Crippen molar-refractivity contribution in [1.82, 2.24) is 14.9 Å². The van der Waals surface area contributed by atoms with Gasteiger partial charge in [0.15, 0.2) is 0 Å². The molecule has 1 aromatic rings. The molecule has 0 aliphatic carbocycles. The molecule has 0 aliphatic rings. The second kappa shape index (κ2) is 5.21. The number of imidazole rings is 1. The molecule has 0 unspecified atom stereocenters. The smallest absolute Gasteiger partial charge is 0.243 e. The first-order chi connectivity index (χ1) is 6.74. The first kappa shape index (κ1) is 10.5. The van der Waals surface area contributed by atoms with E-state index in [2.05, 4.69) is 21.4 Å². The molecule has 4 nitrogen and oxygen atoms in total. The molecular formula is C10H15N3O. The van der Waals surface area contributed by atoms with E-state index in [0.29, 0.717) is 6.54 Å². The maximum absolute atomic E-state index is 10.8. The lowest BCUT2D eigenvalue weighted by atomic mass is 10.4. The van der Waals surface area contributed by atoms with Crippen molar-refractivity contribution in [3.05, 3.63) is 30.9 Å². The maximum Gasteiger partial charge on any atom is 0.243 e. The van der Waals surface area contributed by atoms with E-state index in [1.165, 1.54) is 6.08 Å². The number of nitrogens with zero attached hydrogens (tertiary/aromatic N) is 2. The molecule has 4 heteroatoms. The average molecular weight is 193 g/mol. The van der Waals surface area contributed by atoms with E-state index in [-0.39, 0.29) is 5.91 Å². The summed E-state index contributed by atoms with van der Waals surface area (Å²) in [6.45, 7) is 6.88. The van der Waals surface area contributed by atoms with Gasteiger partial charge < -0.3 is 9.88 Å². The molecule has 0 radical (unpaired) electrons. The molecular weight excluding hydrogens is 178 g/mol. The van der Waals surface area contributed by atoms with Gasteiger partial charge in [0.25, 0.3) is 0 Å². The fourth-order valence-corrected chi connectivity index (χ4v) is 1.17. The van der Waals surface area contributed by atoms with Crippen molar-refractivity contribution in [2.75, 3.05) is 6.54 Å². The Bertz CT molecular complexity index is 317. The number of carbonyl (C=O) groups is 1. The molecule has 14 heavy (non-hydrogen) atoms. The number of hydrogen-bond acceptors (Lipinski definition) is 2. The largest absolute Gasteiger partial charge is 0.353 e. The Labute approximate surface area is 83.6 Å². The Kier molecular flexibility index (Phi) is 3.91. The van der Waals surface area contributed by atoms with Crippen molar-refractivity contribution in [1.29, 1.82) is 0 Å². The normalized spacial score (nSPS) is 9.79. The molecule has 76 valence electrons. The number of rotatable bonds is 5. The minimum Gasteiger partial charge on any atom is -0.353 e. The summed E-state index contributed by atoms with van der Waals surface area (Å²) in [6.07, 6.45) is 5.89. The molecule has 0 saturated heterocycles. The third-order valence-electron chi connectivity index (χ3n) is 1.98. The number of amides is 1. The lowest BCUT2D eigenvalue weighted by molar-refractivity contribution is -0.116. The number of hydrogen-bond donors (Lipinski definition) is 1. The molecule has 1 amide bonds. The monoisotopic (exact) mass is 193 g/mol. The molecule has 1 heterocycles. The van der Waals surface area contributed by atoms with Crippen LogP contribution in [0.3, 0.4) is 0 Å². The van der Waals surface area contributed by atoms with Crippen LogP contribution in [0.25, 0.3) is 0 Å². The summed E-state index contributed by atoms with van der Waals surface area (Å²) >= 11 is 0. The molecule has 0 saturated carbocycles. The number of nitrogens with one attached hydrogen (secondary N) is 1. The molecule has 0 atom stereocenters. The van der Waals surface area contributed by atoms with Gasteiger partial charge in [-0.3, -0.25) is 4.79 Å². The van der Waals surface area contributed by atoms with Gasteiger partial charge in [0.2, 0.25) is 5.91 Å². The highest BCUT2D eigenvalue weighted by molar-refractivity contribution is 5.86. The van der Waals surface area contributed by atoms with Gasteiger partial charge in [-0.05, 0) is 19.4 Å². The fourth-order valence-electron chi connectivity index (χ4n) is 1.17. The summed E-state index contributed by atoms with van der Waals surface area (Å²) in [7, 11) is 0. The van der Waals surface area contributed by atoms with Crippen LogP contribution in [0.4, 0.5) is 0 Å². The van der Waals surface area contributed by atoms with Gasteiger partial charge in [0.05, 0.1) is 0 Å². The summed E-state index contributed by atoms with van der Waals surface area (Å²) in [5.41, 5.74) is 0. The van der Waals surface area contributed by atoms with Gasteiger partial charge in [-0.15, -0.1) is 0 Å². The van der Waals surface area contributed by atoms with E-state index in [4.69, 9.17) is 0 Å². The molecule has 0 aromatic carbocycles. The summed E-state index contributed by atoms with van der Waals surface area (Å²) in [5, 5.41) is 2.72. The van der Waals surface area contributed by atoms with Gasteiger partial charge in [0.1, 0.15) is 5.82 Å². The lowest BCUT2D eigenvalue weighted by Crippen LogP contribution is -2.22. The number of aryl methyl sites for hydroxylation is 2. The highest BCUT2D eigenvalue weighted by Gasteiger charge is 1.96. The molecule has 1 rings (SSSR count). The van der Waals surface area contributed by atoms with Crippen molar-refractivity contribution in [3.63, 3.8) is 0 Å². The van der Waals surface area contributed by atoms with E-state index in [0.717, 1.165) is 18.8 Å². The SMILES string of the molecule is C=CC(=O)NCCCn1ccnc1C. The van der Waals surface area contributed by atoms with Crippen LogP contribution in [0, 0.1) is 6.92 Å². The Morgan fingerprint density at radius 3 is 3.14 bits per heavy atom. The van der Waals surface area contributed by atoms with Gasteiger partial charge in [-0.25, -0.2) is 4.98 Å². The summed E-state index contributed by atoms with van der Waals surface area (Å²) in [6, 6.07) is 0. The molecule has 0 fully saturated rings. The number of aromatic nitrogens is 2. The molecule has 1 aromatic heterocycles. The van der Waals surface area contributed by atoms with Crippen molar-refractivity contribution in [3.8, 4) is 0 Å². The van der Waals surface area contributed by atoms with Crippen LogP contribution in [0.15, 0.2) is 25.0 Å². The van der Waals surface area contributed by atoms with Crippen LogP contribution >= 0.6 is 0 Å². The van der Waals surface area contributed by atoms with E-state index in [1.54, 1.807) is 6.20 Å². The Morgan fingerprint density at radius 2 is 2.57 bits per heavy atom. The first-order valence-corrected chi connectivity index (χ1v) is 4.62. The molecule has 0 bridgehead atoms. The third-order valence-corrected chi connectivity index (χ3v) is 1.98. The van der Waals surface area contributed by atoms with Crippen molar-refractivity contribution < 1.29 is 4.79 Å². The predicted octanol–water partition coefficient (Wildman–Crippen LogP) is 0.884. The van der Waals surface area contributed by atoms with Crippen LogP contribution in [0.2, 0.25) is 0 Å². The zero-order chi connectivity index (χ0) is 10.4. The van der Waals surface area contributed by atoms with Crippen LogP contribution in [-0.2, 0) is 11.3 Å². The topological polar surface area (TPSA) is 46.9 Å². The zero-order valence-corrected chi connectivity index (χ0v) is 8.36. The molecule has 0 spiro atoms.